The summed E-state index contributed by atoms with van der Waals surface area (Å²) < 4.78 is 5.69. The molecule has 0 aliphatic carbocycles. The molecule has 0 fully saturated rings. The van der Waals surface area contributed by atoms with Crippen molar-refractivity contribution in [1.82, 2.24) is 0 Å². The van der Waals surface area contributed by atoms with Gasteiger partial charge in [0.25, 0.3) is 0 Å². The van der Waals surface area contributed by atoms with Gasteiger partial charge in [0.05, 0.1) is 5.60 Å². The molecule has 13 heavy (non-hydrogen) atoms. The van der Waals surface area contributed by atoms with Gasteiger partial charge in [-0.05, 0) is 25.2 Å². The van der Waals surface area contributed by atoms with Gasteiger partial charge in [0.15, 0.2) is 0 Å². The van der Waals surface area contributed by atoms with E-state index in [1.54, 1.807) is 0 Å². The quantitative estimate of drug-likeness (QED) is 0.547. The average molecular weight is 184 g/mol. The van der Waals surface area contributed by atoms with Gasteiger partial charge in [-0.25, -0.2) is 0 Å². The first-order chi connectivity index (χ1) is 6.13. The maximum Gasteiger partial charge on any atom is 0.0704 e. The maximum absolute atomic E-state index is 5.69. The van der Waals surface area contributed by atoms with Crippen LogP contribution in [0.5, 0.6) is 0 Å². The van der Waals surface area contributed by atoms with E-state index in [0.29, 0.717) is 5.92 Å². The van der Waals surface area contributed by atoms with Crippen molar-refractivity contribution in [3.8, 4) is 0 Å². The van der Waals surface area contributed by atoms with E-state index < -0.39 is 0 Å². The number of rotatable bonds is 7. The van der Waals surface area contributed by atoms with Crippen molar-refractivity contribution in [2.45, 2.75) is 52.1 Å². The van der Waals surface area contributed by atoms with E-state index in [1.807, 2.05) is 13.2 Å². The Labute approximate surface area is 83.2 Å². The molecule has 0 aromatic carbocycles. The number of allylic oxidation sites excluding steroid dienone is 1. The van der Waals surface area contributed by atoms with Crippen molar-refractivity contribution in [1.29, 1.82) is 0 Å². The fourth-order valence-corrected chi connectivity index (χ4v) is 1.91. The van der Waals surface area contributed by atoms with Crippen molar-refractivity contribution < 1.29 is 4.74 Å². The van der Waals surface area contributed by atoms with Crippen molar-refractivity contribution in [3.05, 3.63) is 12.7 Å². The van der Waals surface area contributed by atoms with E-state index in [1.165, 1.54) is 6.42 Å². The van der Waals surface area contributed by atoms with Gasteiger partial charge in [0, 0.05) is 7.11 Å². The minimum absolute atomic E-state index is 0.0724. The standard InChI is InChI=1S/C12H24O/c1-6-8-10-12(13-5,9-7-2)11(3)4/h6,11H,1,7-10H2,2-5H3. The summed E-state index contributed by atoms with van der Waals surface area (Å²) in [6.07, 6.45) is 6.45. The van der Waals surface area contributed by atoms with Crippen molar-refractivity contribution >= 4 is 0 Å². The van der Waals surface area contributed by atoms with Crippen LogP contribution in [0.25, 0.3) is 0 Å². The lowest BCUT2D eigenvalue weighted by atomic mass is 9.82. The Morgan fingerprint density at radius 3 is 2.31 bits per heavy atom. The van der Waals surface area contributed by atoms with E-state index in [9.17, 15) is 0 Å². The highest BCUT2D eigenvalue weighted by molar-refractivity contribution is 4.86. The highest BCUT2D eigenvalue weighted by Gasteiger charge is 2.31. The molecule has 0 rings (SSSR count). The Balaban J connectivity index is 4.34. The topological polar surface area (TPSA) is 9.23 Å². The molecule has 1 atom stereocenters. The van der Waals surface area contributed by atoms with Crippen LogP contribution in [0.1, 0.15) is 46.5 Å². The van der Waals surface area contributed by atoms with Crippen molar-refractivity contribution in [3.63, 3.8) is 0 Å². The minimum atomic E-state index is 0.0724. The molecule has 78 valence electrons. The molecule has 0 aliphatic rings. The highest BCUT2D eigenvalue weighted by Crippen LogP contribution is 2.31. The third kappa shape index (κ3) is 3.51. The Morgan fingerprint density at radius 1 is 1.38 bits per heavy atom. The molecule has 1 nitrogen and oxygen atoms in total. The molecule has 0 spiro atoms. The molecule has 0 heterocycles. The van der Waals surface area contributed by atoms with Crippen molar-refractivity contribution in [2.75, 3.05) is 7.11 Å². The smallest absolute Gasteiger partial charge is 0.0704 e. The molecule has 0 aromatic heterocycles. The molecule has 0 aliphatic heterocycles. The number of ether oxygens (including phenoxy) is 1. The third-order valence-electron chi connectivity index (χ3n) is 2.90. The number of hydrogen-bond acceptors (Lipinski definition) is 1. The van der Waals surface area contributed by atoms with Crippen LogP contribution in [0, 0.1) is 5.92 Å². The predicted molar refractivity (Wildman–Crippen MR) is 58.9 cm³/mol. The Hall–Kier alpha value is -0.300. The summed E-state index contributed by atoms with van der Waals surface area (Å²) in [5, 5.41) is 0. The zero-order valence-electron chi connectivity index (χ0n) is 9.60. The fraction of sp³-hybridized carbons (Fsp3) is 0.833. The van der Waals surface area contributed by atoms with Crippen molar-refractivity contribution in [2.24, 2.45) is 5.92 Å². The van der Waals surface area contributed by atoms with Gasteiger partial charge >= 0.3 is 0 Å². The lowest BCUT2D eigenvalue weighted by molar-refractivity contribution is -0.0605. The highest BCUT2D eigenvalue weighted by atomic mass is 16.5. The second-order valence-corrected chi connectivity index (χ2v) is 4.00. The molecule has 0 saturated carbocycles. The van der Waals surface area contributed by atoms with Crippen LogP contribution in [0.2, 0.25) is 0 Å². The molecule has 0 aromatic rings. The Bertz CT molecular complexity index is 140. The number of hydrogen-bond donors (Lipinski definition) is 0. The zero-order chi connectivity index (χ0) is 10.3. The summed E-state index contributed by atoms with van der Waals surface area (Å²) in [6, 6.07) is 0. The molecular formula is C12H24O. The zero-order valence-corrected chi connectivity index (χ0v) is 9.60. The molecule has 0 N–H and O–H groups in total. The molecule has 1 unspecified atom stereocenters. The molecule has 0 saturated heterocycles. The number of methoxy groups -OCH3 is 1. The van der Waals surface area contributed by atoms with Gasteiger partial charge in [0.2, 0.25) is 0 Å². The summed E-state index contributed by atoms with van der Waals surface area (Å²) in [4.78, 5) is 0. The van der Waals surface area contributed by atoms with Crippen LogP contribution >= 0.6 is 0 Å². The molecule has 0 radical (unpaired) electrons. The summed E-state index contributed by atoms with van der Waals surface area (Å²) >= 11 is 0. The molecule has 0 amide bonds. The van der Waals surface area contributed by atoms with E-state index in [0.717, 1.165) is 19.3 Å². The third-order valence-corrected chi connectivity index (χ3v) is 2.90. The van der Waals surface area contributed by atoms with E-state index in [2.05, 4.69) is 27.4 Å². The SMILES string of the molecule is C=CCCC(CCC)(OC)C(C)C. The van der Waals surface area contributed by atoms with E-state index in [4.69, 9.17) is 4.74 Å². The van der Waals surface area contributed by atoms with Crippen LogP contribution in [0.4, 0.5) is 0 Å². The summed E-state index contributed by atoms with van der Waals surface area (Å²) in [5.41, 5.74) is 0.0724. The van der Waals surface area contributed by atoms with Gasteiger partial charge in [-0.1, -0.05) is 33.3 Å². The Morgan fingerprint density at radius 2 is 2.00 bits per heavy atom. The summed E-state index contributed by atoms with van der Waals surface area (Å²) in [6.45, 7) is 10.5. The predicted octanol–water partition coefficient (Wildman–Crippen LogP) is 3.79. The maximum atomic E-state index is 5.69. The Kier molecular flexibility index (Phi) is 6.06. The second-order valence-electron chi connectivity index (χ2n) is 4.00. The largest absolute Gasteiger partial charge is 0.378 e. The first-order valence-electron chi connectivity index (χ1n) is 5.29. The molecule has 1 heteroatoms. The van der Waals surface area contributed by atoms with Crippen LogP contribution in [0.3, 0.4) is 0 Å². The minimum Gasteiger partial charge on any atom is -0.378 e. The average Bonchev–Trinajstić information content (AvgIpc) is 2.12. The monoisotopic (exact) mass is 184 g/mol. The van der Waals surface area contributed by atoms with Gasteiger partial charge in [-0.2, -0.15) is 0 Å². The van der Waals surface area contributed by atoms with Crippen LogP contribution in [0.15, 0.2) is 12.7 Å². The van der Waals surface area contributed by atoms with E-state index >= 15 is 0 Å². The normalized spacial score (nSPS) is 15.8. The van der Waals surface area contributed by atoms with Gasteiger partial charge in [-0.15, -0.1) is 6.58 Å². The molecular weight excluding hydrogens is 160 g/mol. The van der Waals surface area contributed by atoms with Gasteiger partial charge < -0.3 is 4.74 Å². The lowest BCUT2D eigenvalue weighted by Gasteiger charge is -2.36. The second kappa shape index (κ2) is 6.20. The van der Waals surface area contributed by atoms with E-state index in [-0.39, 0.29) is 5.60 Å². The van der Waals surface area contributed by atoms with Crippen LogP contribution in [-0.4, -0.2) is 12.7 Å². The first-order valence-corrected chi connectivity index (χ1v) is 5.29. The lowest BCUT2D eigenvalue weighted by Crippen LogP contribution is -2.37. The van der Waals surface area contributed by atoms with Gasteiger partial charge in [-0.3, -0.25) is 0 Å². The molecule has 0 bridgehead atoms. The summed E-state index contributed by atoms with van der Waals surface area (Å²) in [5.74, 6) is 0.581. The van der Waals surface area contributed by atoms with Crippen LogP contribution < -0.4 is 0 Å². The van der Waals surface area contributed by atoms with Crippen LogP contribution in [-0.2, 0) is 4.74 Å². The fourth-order valence-electron chi connectivity index (χ4n) is 1.91. The summed E-state index contributed by atoms with van der Waals surface area (Å²) in [7, 11) is 1.83. The van der Waals surface area contributed by atoms with Gasteiger partial charge in [0.1, 0.15) is 0 Å². The first kappa shape index (κ1) is 12.7.